The number of carbonyl (C=O) groups excluding carboxylic acids is 2. The third-order valence-electron chi connectivity index (χ3n) is 2.94. The van der Waals surface area contributed by atoms with Crippen LogP contribution in [0.1, 0.15) is 19.4 Å². The summed E-state index contributed by atoms with van der Waals surface area (Å²) in [5.74, 6) is -0.550. The van der Waals surface area contributed by atoms with Gasteiger partial charge in [0.15, 0.2) is 0 Å². The highest BCUT2D eigenvalue weighted by Crippen LogP contribution is 2.17. The summed E-state index contributed by atoms with van der Waals surface area (Å²) in [5.41, 5.74) is 6.90. The van der Waals surface area contributed by atoms with E-state index in [0.717, 1.165) is 17.3 Å². The monoisotopic (exact) mass is 259 g/mol. The van der Waals surface area contributed by atoms with Crippen LogP contribution in [0.3, 0.4) is 0 Å². The van der Waals surface area contributed by atoms with E-state index in [0.29, 0.717) is 0 Å². The minimum atomic E-state index is -0.293. The molecule has 0 fully saturated rings. The number of nitrogens with zero attached hydrogens (tertiary/aromatic N) is 1. The summed E-state index contributed by atoms with van der Waals surface area (Å²) in [5, 5.41) is 1.12. The molecule has 5 heteroatoms. The van der Waals surface area contributed by atoms with Crippen molar-refractivity contribution in [2.24, 2.45) is 0 Å². The molecule has 0 spiro atoms. The maximum absolute atomic E-state index is 11.6. The number of hydrazine groups is 1. The lowest BCUT2D eigenvalue weighted by atomic mass is 10.1. The van der Waals surface area contributed by atoms with Gasteiger partial charge in [-0.15, -0.1) is 0 Å². The van der Waals surface area contributed by atoms with Gasteiger partial charge in [-0.1, -0.05) is 13.0 Å². The number of rotatable bonds is 3. The summed E-state index contributed by atoms with van der Waals surface area (Å²) < 4.78 is 1.85. The Morgan fingerprint density at radius 3 is 2.68 bits per heavy atom. The Balaban J connectivity index is 2.13. The van der Waals surface area contributed by atoms with E-state index in [4.69, 9.17) is 0 Å². The lowest BCUT2D eigenvalue weighted by Crippen LogP contribution is -2.41. The van der Waals surface area contributed by atoms with E-state index in [1.54, 1.807) is 0 Å². The van der Waals surface area contributed by atoms with Crippen LogP contribution in [0, 0.1) is 0 Å². The number of amides is 2. The summed E-state index contributed by atoms with van der Waals surface area (Å²) in [6, 6.07) is 8.18. The Morgan fingerprint density at radius 1 is 1.21 bits per heavy atom. The molecular weight excluding hydrogens is 242 g/mol. The molecule has 2 amide bonds. The fourth-order valence-electron chi connectivity index (χ4n) is 1.96. The number of nitrogens with one attached hydrogen (secondary N) is 2. The normalized spacial score (nSPS) is 10.4. The van der Waals surface area contributed by atoms with Crippen molar-refractivity contribution in [3.05, 3.63) is 36.0 Å². The van der Waals surface area contributed by atoms with Crippen LogP contribution in [0.15, 0.2) is 30.5 Å². The van der Waals surface area contributed by atoms with Crippen molar-refractivity contribution in [2.75, 3.05) is 0 Å². The number of fused-ring (bicyclic) bond motifs is 1. The molecule has 1 aromatic carbocycles. The number of aromatic nitrogens is 1. The third kappa shape index (κ3) is 3.13. The first-order chi connectivity index (χ1) is 9.10. The molecule has 0 bridgehead atoms. The summed E-state index contributed by atoms with van der Waals surface area (Å²) in [6.45, 7) is 3.63. The van der Waals surface area contributed by atoms with E-state index in [1.807, 2.05) is 22.9 Å². The van der Waals surface area contributed by atoms with Crippen molar-refractivity contribution in [1.29, 1.82) is 0 Å². The Hall–Kier alpha value is -2.30. The smallest absolute Gasteiger partial charge is 0.258 e. The molecule has 0 aliphatic rings. The fraction of sp³-hybridized carbons (Fsp3) is 0.286. The van der Waals surface area contributed by atoms with E-state index < -0.39 is 0 Å². The number of hydrogen-bond acceptors (Lipinski definition) is 2. The van der Waals surface area contributed by atoms with Crippen molar-refractivity contribution in [1.82, 2.24) is 15.4 Å². The Kier molecular flexibility index (Phi) is 3.85. The molecule has 0 aliphatic heterocycles. The third-order valence-corrected chi connectivity index (χ3v) is 2.94. The lowest BCUT2D eigenvalue weighted by molar-refractivity contribution is -0.128. The maximum atomic E-state index is 11.6. The predicted octanol–water partition coefficient (Wildman–Crippen LogP) is 1.37. The zero-order valence-electron chi connectivity index (χ0n) is 11.1. The first-order valence-electron chi connectivity index (χ1n) is 6.23. The molecule has 0 radical (unpaired) electrons. The van der Waals surface area contributed by atoms with Gasteiger partial charge < -0.3 is 4.57 Å². The zero-order valence-corrected chi connectivity index (χ0v) is 11.1. The van der Waals surface area contributed by atoms with Crippen LogP contribution in [0.2, 0.25) is 0 Å². The standard InChI is InChI=1S/C14H17N3O2/c1-3-11-4-5-13-12(8-11)6-7-17(13)9-14(19)16-15-10(2)18/h4-8H,3,9H2,1-2H3,(H,15,18)(H,16,19). The molecule has 100 valence electrons. The Labute approximate surface area is 111 Å². The van der Waals surface area contributed by atoms with Crippen molar-refractivity contribution in [3.8, 4) is 0 Å². The second-order valence-electron chi connectivity index (χ2n) is 4.42. The van der Waals surface area contributed by atoms with E-state index in [1.165, 1.54) is 12.5 Å². The van der Waals surface area contributed by atoms with Gasteiger partial charge in [-0.05, 0) is 35.6 Å². The van der Waals surface area contributed by atoms with Gasteiger partial charge in [0.05, 0.1) is 0 Å². The van der Waals surface area contributed by atoms with Gasteiger partial charge in [-0.25, -0.2) is 0 Å². The summed E-state index contributed by atoms with van der Waals surface area (Å²) in [4.78, 5) is 22.3. The maximum Gasteiger partial charge on any atom is 0.258 e. The quantitative estimate of drug-likeness (QED) is 0.818. The van der Waals surface area contributed by atoms with E-state index in [9.17, 15) is 9.59 Å². The highest BCUT2D eigenvalue weighted by Gasteiger charge is 2.06. The number of aryl methyl sites for hydroxylation is 1. The van der Waals surface area contributed by atoms with Gasteiger partial charge >= 0.3 is 0 Å². The van der Waals surface area contributed by atoms with Crippen LogP contribution >= 0.6 is 0 Å². The van der Waals surface area contributed by atoms with Crippen molar-refractivity contribution < 1.29 is 9.59 Å². The summed E-state index contributed by atoms with van der Waals surface area (Å²) in [6.07, 6.45) is 2.86. The second-order valence-corrected chi connectivity index (χ2v) is 4.42. The van der Waals surface area contributed by atoms with Crippen LogP contribution in [-0.2, 0) is 22.6 Å². The topological polar surface area (TPSA) is 63.1 Å². The molecule has 2 rings (SSSR count). The van der Waals surface area contributed by atoms with Crippen LogP contribution in [0.25, 0.3) is 10.9 Å². The minimum absolute atomic E-state index is 0.176. The summed E-state index contributed by atoms with van der Waals surface area (Å²) >= 11 is 0. The van der Waals surface area contributed by atoms with Crippen LogP contribution in [0.5, 0.6) is 0 Å². The van der Waals surface area contributed by atoms with Crippen molar-refractivity contribution >= 4 is 22.7 Å². The average molecular weight is 259 g/mol. The lowest BCUT2D eigenvalue weighted by Gasteiger charge is -2.07. The number of hydrogen-bond donors (Lipinski definition) is 2. The molecule has 0 aliphatic carbocycles. The number of benzene rings is 1. The zero-order chi connectivity index (χ0) is 13.8. The molecule has 2 aromatic rings. The SMILES string of the molecule is CCc1ccc2c(ccn2CC(=O)NNC(C)=O)c1. The Morgan fingerprint density at radius 2 is 2.00 bits per heavy atom. The number of carbonyl (C=O) groups is 2. The van der Waals surface area contributed by atoms with Crippen LogP contribution < -0.4 is 10.9 Å². The van der Waals surface area contributed by atoms with Gasteiger partial charge in [-0.3, -0.25) is 20.4 Å². The molecule has 0 saturated heterocycles. The van der Waals surface area contributed by atoms with Gasteiger partial charge in [0.1, 0.15) is 6.54 Å². The highest BCUT2D eigenvalue weighted by molar-refractivity contribution is 5.84. The highest BCUT2D eigenvalue weighted by atomic mass is 16.2. The predicted molar refractivity (Wildman–Crippen MR) is 73.3 cm³/mol. The first kappa shape index (κ1) is 13.1. The summed E-state index contributed by atoms with van der Waals surface area (Å²) in [7, 11) is 0. The second kappa shape index (κ2) is 5.56. The van der Waals surface area contributed by atoms with Gasteiger partial charge in [0.25, 0.3) is 5.91 Å². The first-order valence-corrected chi connectivity index (χ1v) is 6.23. The molecule has 0 unspecified atom stereocenters. The molecule has 1 heterocycles. The van der Waals surface area contributed by atoms with Gasteiger partial charge in [0, 0.05) is 18.6 Å². The van der Waals surface area contributed by atoms with E-state index in [-0.39, 0.29) is 18.4 Å². The minimum Gasteiger partial charge on any atom is -0.338 e. The molecule has 5 nitrogen and oxygen atoms in total. The van der Waals surface area contributed by atoms with Gasteiger partial charge in [0.2, 0.25) is 5.91 Å². The van der Waals surface area contributed by atoms with Crippen LogP contribution in [-0.4, -0.2) is 16.4 Å². The van der Waals surface area contributed by atoms with E-state index in [2.05, 4.69) is 29.9 Å². The average Bonchev–Trinajstić information content (AvgIpc) is 2.78. The molecule has 1 aromatic heterocycles. The largest absolute Gasteiger partial charge is 0.338 e. The molecular formula is C14H17N3O2. The van der Waals surface area contributed by atoms with Gasteiger partial charge in [-0.2, -0.15) is 0 Å². The molecule has 0 saturated carbocycles. The van der Waals surface area contributed by atoms with Crippen molar-refractivity contribution in [2.45, 2.75) is 26.8 Å². The molecule has 0 atom stereocenters. The van der Waals surface area contributed by atoms with Crippen molar-refractivity contribution in [3.63, 3.8) is 0 Å². The van der Waals surface area contributed by atoms with Crippen LogP contribution in [0.4, 0.5) is 0 Å². The Bertz CT molecular complexity index is 616. The molecule has 19 heavy (non-hydrogen) atoms. The van der Waals surface area contributed by atoms with E-state index >= 15 is 0 Å². The fourth-order valence-corrected chi connectivity index (χ4v) is 1.96. The molecule has 2 N–H and O–H groups in total.